The molecule has 236 valence electrons. The summed E-state index contributed by atoms with van der Waals surface area (Å²) in [6, 6.07) is 0.143. The van der Waals surface area contributed by atoms with Crippen molar-refractivity contribution < 1.29 is 56.6 Å². The van der Waals surface area contributed by atoms with Gasteiger partial charge in [0.2, 0.25) is 5.91 Å². The number of hydrogen-bond acceptors (Lipinski definition) is 5. The zero-order valence-electron chi connectivity index (χ0n) is 23.1. The molecule has 0 aliphatic heterocycles. The van der Waals surface area contributed by atoms with Crippen LogP contribution in [0.15, 0.2) is 0 Å². The molecule has 0 bridgehead atoms. The first kappa shape index (κ1) is 66.4. The molecular weight excluding hydrogens is 511 g/mol. The third-order valence-electron chi connectivity index (χ3n) is 5.90. The summed E-state index contributed by atoms with van der Waals surface area (Å²) in [6.45, 7) is 17.6. The zero-order valence-corrected chi connectivity index (χ0v) is 25.9. The fraction of sp³-hybridized carbons (Fsp3) is 0.931. The number of nitrogens with zero attached hydrogens (tertiary/aromatic N) is 1. The minimum atomic E-state index is -4.27. The number of nitrogens with one attached hydrogen (secondary N) is 1. The van der Waals surface area contributed by atoms with E-state index in [1.165, 1.54) is 13.3 Å². The summed E-state index contributed by atoms with van der Waals surface area (Å²) >= 11 is 0. The average molecular weight is 586 g/mol. The number of carbonyl (C=O) groups excluding carboxylic acids is 2. The van der Waals surface area contributed by atoms with Gasteiger partial charge >= 0.3 is 29.6 Å². The second-order valence-corrected chi connectivity index (χ2v) is 11.1. The smallest absolute Gasteiger partial charge is 0.748 e. The van der Waals surface area contributed by atoms with Crippen molar-refractivity contribution in [2.45, 2.75) is 138 Å². The van der Waals surface area contributed by atoms with Crippen LogP contribution in [0.25, 0.3) is 0 Å². The van der Waals surface area contributed by atoms with Gasteiger partial charge in [-0.05, 0) is 40.0 Å². The maximum Gasteiger partial charge on any atom is 1.00 e. The van der Waals surface area contributed by atoms with Crippen LogP contribution >= 0.6 is 0 Å². The molecule has 0 fully saturated rings. The predicted molar refractivity (Wildman–Crippen MR) is 169 cm³/mol. The van der Waals surface area contributed by atoms with Crippen LogP contribution in [0.3, 0.4) is 0 Å². The first-order valence-corrected chi connectivity index (χ1v) is 13.0. The minimum absolute atomic E-state index is 0. The van der Waals surface area contributed by atoms with E-state index in [2.05, 4.69) is 47.2 Å². The van der Waals surface area contributed by atoms with Crippen molar-refractivity contribution in [2.24, 2.45) is 17.8 Å². The number of carbonyl (C=O) groups is 2. The van der Waals surface area contributed by atoms with E-state index in [9.17, 15) is 22.6 Å². The molecule has 5 atom stereocenters. The van der Waals surface area contributed by atoms with Crippen molar-refractivity contribution in [3.05, 3.63) is 0 Å². The summed E-state index contributed by atoms with van der Waals surface area (Å²) in [5.74, 6) is 0.452. The SMILES string of the molecule is C.C.C.C.C.C.CCC(C)C(=O)NC(C)CS(=O)(=O)[O-].CCC(C)C(C)=O.CCC(C)C(C)[N+](C)(C)C.[Na+]. The summed E-state index contributed by atoms with van der Waals surface area (Å²) < 4.78 is 32.1. The fourth-order valence-electron chi connectivity index (χ4n) is 2.31. The Bertz CT molecular complexity index is 609. The molecule has 0 saturated heterocycles. The molecule has 0 radical (unpaired) electrons. The molecule has 0 aromatic rings. The average Bonchev–Trinajstić information content (AvgIpc) is 2.63. The van der Waals surface area contributed by atoms with Crippen molar-refractivity contribution in [2.75, 3.05) is 26.9 Å². The van der Waals surface area contributed by atoms with Gasteiger partial charge in [0.15, 0.2) is 0 Å². The van der Waals surface area contributed by atoms with Gasteiger partial charge in [-0.1, -0.05) is 86.1 Å². The van der Waals surface area contributed by atoms with Gasteiger partial charge < -0.3 is 14.4 Å². The summed E-state index contributed by atoms with van der Waals surface area (Å²) in [7, 11) is 2.52. The molecule has 0 aromatic carbocycles. The van der Waals surface area contributed by atoms with Crippen LogP contribution < -0.4 is 34.9 Å². The van der Waals surface area contributed by atoms with E-state index >= 15 is 0 Å². The van der Waals surface area contributed by atoms with Gasteiger partial charge in [-0.25, -0.2) is 8.42 Å². The van der Waals surface area contributed by atoms with Gasteiger partial charge in [0.1, 0.15) is 5.78 Å². The molecule has 0 aliphatic carbocycles. The number of ketones is 1. The van der Waals surface area contributed by atoms with Crippen LogP contribution in [0.1, 0.15) is 126 Å². The Hall–Kier alpha value is 0.01000. The number of amides is 1. The van der Waals surface area contributed by atoms with E-state index in [4.69, 9.17) is 0 Å². The molecule has 0 rings (SSSR count). The van der Waals surface area contributed by atoms with E-state index in [0.29, 0.717) is 12.2 Å². The molecule has 9 heteroatoms. The summed E-state index contributed by atoms with van der Waals surface area (Å²) in [5, 5.41) is 2.47. The maximum atomic E-state index is 11.3. The summed E-state index contributed by atoms with van der Waals surface area (Å²) in [4.78, 5) is 21.6. The normalized spacial score (nSPS) is 13.3. The molecular formula is C29H74N2NaO5S+. The van der Waals surface area contributed by atoms with Crippen molar-refractivity contribution in [1.29, 1.82) is 0 Å². The monoisotopic (exact) mass is 586 g/mol. The topological polar surface area (TPSA) is 103 Å². The molecule has 1 N–H and O–H groups in total. The van der Waals surface area contributed by atoms with Gasteiger partial charge in [-0.15, -0.1) is 0 Å². The Morgan fingerprint density at radius 2 is 1.11 bits per heavy atom. The van der Waals surface area contributed by atoms with E-state index in [1.54, 1.807) is 13.8 Å². The maximum absolute atomic E-state index is 11.3. The zero-order chi connectivity index (χ0) is 25.6. The largest absolute Gasteiger partial charge is 1.00 e. The third-order valence-corrected chi connectivity index (χ3v) is 6.81. The Morgan fingerprint density at radius 1 is 0.763 bits per heavy atom. The first-order chi connectivity index (χ1) is 13.8. The van der Waals surface area contributed by atoms with E-state index in [-0.39, 0.29) is 91.9 Å². The molecule has 0 aromatic heterocycles. The predicted octanol–water partition coefficient (Wildman–Crippen LogP) is 4.65. The Morgan fingerprint density at radius 3 is 1.26 bits per heavy atom. The number of quaternary nitrogens is 1. The van der Waals surface area contributed by atoms with Crippen molar-refractivity contribution >= 4 is 21.8 Å². The first-order valence-electron chi connectivity index (χ1n) is 11.4. The van der Waals surface area contributed by atoms with Crippen molar-refractivity contribution in [3.63, 3.8) is 0 Å². The standard InChI is InChI=1S/C9H22N.C8H17NO4S.C6H12O.6CH4.Na/c1-7-8(2)9(3)10(4,5)6;1-4-6(2)8(10)9-7(3)5-14(11,12)13;1-4-5(2)6(3)7;;;;;;;/h8-9H,7H2,1-6H3;6-7H,4-5H2,1-3H3,(H,9,10)(H,11,12,13);5H,4H2,1-3H3;6*1H4;/q+1;;;;;;;;;+1/p-1. The van der Waals surface area contributed by atoms with E-state index < -0.39 is 21.9 Å². The van der Waals surface area contributed by atoms with Crippen LogP contribution in [-0.2, 0) is 19.7 Å². The minimum Gasteiger partial charge on any atom is -0.748 e. The molecule has 0 spiro atoms. The van der Waals surface area contributed by atoms with Crippen molar-refractivity contribution in [3.8, 4) is 0 Å². The van der Waals surface area contributed by atoms with Crippen LogP contribution in [0.2, 0.25) is 0 Å². The van der Waals surface area contributed by atoms with Crippen LogP contribution in [-0.4, -0.2) is 68.1 Å². The molecule has 38 heavy (non-hydrogen) atoms. The second-order valence-electron chi connectivity index (χ2n) is 9.61. The van der Waals surface area contributed by atoms with Gasteiger partial charge in [0.05, 0.1) is 43.1 Å². The van der Waals surface area contributed by atoms with Gasteiger partial charge in [0.25, 0.3) is 0 Å². The molecule has 0 aliphatic rings. The summed E-state index contributed by atoms with van der Waals surface area (Å²) in [6.07, 6.45) is 2.94. The van der Waals surface area contributed by atoms with Gasteiger partial charge in [0, 0.05) is 23.8 Å². The van der Waals surface area contributed by atoms with E-state index in [0.717, 1.165) is 22.9 Å². The van der Waals surface area contributed by atoms with Crippen molar-refractivity contribution in [1.82, 2.24) is 5.32 Å². The Kier molecular flexibility index (Phi) is 58.0. The van der Waals surface area contributed by atoms with E-state index in [1.807, 2.05) is 20.8 Å². The Balaban J connectivity index is -0.0000000370. The molecule has 0 saturated carbocycles. The van der Waals surface area contributed by atoms with Crippen LogP contribution in [0, 0.1) is 17.8 Å². The third kappa shape index (κ3) is 40.5. The van der Waals surface area contributed by atoms with Crippen LogP contribution in [0.5, 0.6) is 0 Å². The van der Waals surface area contributed by atoms with Crippen LogP contribution in [0.4, 0.5) is 0 Å². The number of rotatable bonds is 10. The second kappa shape index (κ2) is 33.2. The quantitative estimate of drug-likeness (QED) is 0.228. The van der Waals surface area contributed by atoms with Gasteiger partial charge in [-0.2, -0.15) is 0 Å². The molecule has 1 amide bonds. The Labute approximate surface area is 265 Å². The molecule has 0 heterocycles. The molecule has 5 unspecified atom stereocenters. The number of hydrogen-bond donors (Lipinski definition) is 1. The fourth-order valence-corrected chi connectivity index (χ4v) is 3.01. The number of Topliss-reactive ketones (excluding diaryl/α,β-unsaturated/α-hetero) is 1. The summed E-state index contributed by atoms with van der Waals surface area (Å²) in [5.41, 5.74) is 0. The van der Waals surface area contributed by atoms with Gasteiger partial charge in [-0.3, -0.25) is 9.59 Å². The molecule has 7 nitrogen and oxygen atoms in total.